The quantitative estimate of drug-likeness (QED) is 0.772. The normalized spacial score (nSPS) is 9.08. The van der Waals surface area contributed by atoms with E-state index in [0.29, 0.717) is 5.75 Å². The summed E-state index contributed by atoms with van der Waals surface area (Å²) in [5, 5.41) is 11.4. The SMILES string of the molecule is BrBr.Oc1cccc2ccccc12. The van der Waals surface area contributed by atoms with Gasteiger partial charge in [0.25, 0.3) is 0 Å². The van der Waals surface area contributed by atoms with Gasteiger partial charge in [-0.3, -0.25) is 0 Å². The summed E-state index contributed by atoms with van der Waals surface area (Å²) < 4.78 is 0. The molecule has 0 fully saturated rings. The van der Waals surface area contributed by atoms with Crippen LogP contribution >= 0.6 is 28.3 Å². The molecule has 0 atom stereocenters. The fourth-order valence-electron chi connectivity index (χ4n) is 1.21. The third-order valence-electron chi connectivity index (χ3n) is 1.77. The predicted molar refractivity (Wildman–Crippen MR) is 63.5 cm³/mol. The van der Waals surface area contributed by atoms with Crippen LogP contribution in [0.25, 0.3) is 10.8 Å². The summed E-state index contributed by atoms with van der Waals surface area (Å²) in [6.45, 7) is 0. The Bertz CT molecular complexity index is 382. The zero-order chi connectivity index (χ0) is 9.68. The first-order chi connectivity index (χ1) is 6.38. The van der Waals surface area contributed by atoms with Crippen LogP contribution in [0.3, 0.4) is 0 Å². The van der Waals surface area contributed by atoms with Gasteiger partial charge in [-0.1, -0.05) is 36.4 Å². The van der Waals surface area contributed by atoms with Gasteiger partial charge < -0.3 is 5.11 Å². The number of halogens is 2. The van der Waals surface area contributed by atoms with Crippen LogP contribution in [0.4, 0.5) is 0 Å². The summed E-state index contributed by atoms with van der Waals surface area (Å²) in [5.74, 6) is 0.350. The molecule has 0 aliphatic heterocycles. The average molecular weight is 304 g/mol. The van der Waals surface area contributed by atoms with E-state index in [4.69, 9.17) is 0 Å². The van der Waals surface area contributed by atoms with E-state index in [2.05, 4.69) is 28.3 Å². The van der Waals surface area contributed by atoms with Gasteiger partial charge in [0.2, 0.25) is 0 Å². The maximum atomic E-state index is 9.37. The van der Waals surface area contributed by atoms with Crippen molar-refractivity contribution in [2.45, 2.75) is 0 Å². The molecule has 0 saturated carbocycles. The van der Waals surface area contributed by atoms with Crippen LogP contribution < -0.4 is 0 Å². The van der Waals surface area contributed by atoms with E-state index >= 15 is 0 Å². The first-order valence-electron chi connectivity index (χ1n) is 3.69. The molecule has 3 heteroatoms. The molecule has 0 unspecified atom stereocenters. The number of phenolic OH excluding ortho intramolecular Hbond substituents is 1. The van der Waals surface area contributed by atoms with Crippen LogP contribution in [0.1, 0.15) is 0 Å². The van der Waals surface area contributed by atoms with Crippen LogP contribution in [0, 0.1) is 0 Å². The van der Waals surface area contributed by atoms with E-state index < -0.39 is 0 Å². The lowest BCUT2D eigenvalue weighted by Crippen LogP contribution is -1.70. The van der Waals surface area contributed by atoms with E-state index in [-0.39, 0.29) is 0 Å². The lowest BCUT2D eigenvalue weighted by Gasteiger charge is -1.97. The molecule has 68 valence electrons. The molecule has 13 heavy (non-hydrogen) atoms. The highest BCUT2D eigenvalue weighted by molar-refractivity contribution is 9.93. The number of hydrogen-bond acceptors (Lipinski definition) is 1. The Balaban J connectivity index is 0.000000396. The Morgan fingerprint density at radius 1 is 0.846 bits per heavy atom. The van der Waals surface area contributed by atoms with Gasteiger partial charge in [-0.2, -0.15) is 0 Å². The van der Waals surface area contributed by atoms with Gasteiger partial charge in [0.05, 0.1) is 0 Å². The smallest absolute Gasteiger partial charge is 0.123 e. The van der Waals surface area contributed by atoms with Crippen molar-refractivity contribution in [1.29, 1.82) is 0 Å². The second-order valence-electron chi connectivity index (χ2n) is 2.50. The largest absolute Gasteiger partial charge is 0.507 e. The van der Waals surface area contributed by atoms with Gasteiger partial charge in [-0.25, -0.2) is 0 Å². The highest BCUT2D eigenvalue weighted by Crippen LogP contribution is 2.22. The molecule has 2 aromatic carbocycles. The number of rotatable bonds is 0. The third-order valence-corrected chi connectivity index (χ3v) is 1.77. The summed E-state index contributed by atoms with van der Waals surface area (Å²) in [6.07, 6.45) is 0. The maximum absolute atomic E-state index is 9.37. The number of benzene rings is 2. The van der Waals surface area contributed by atoms with Crippen molar-refractivity contribution in [3.05, 3.63) is 42.5 Å². The molecule has 0 radical (unpaired) electrons. The minimum absolute atomic E-state index is 0.350. The van der Waals surface area contributed by atoms with Crippen molar-refractivity contribution >= 4 is 39.0 Å². The first-order valence-corrected chi connectivity index (χ1v) is 7.40. The predicted octanol–water partition coefficient (Wildman–Crippen LogP) is 4.24. The molecule has 0 spiro atoms. The van der Waals surface area contributed by atoms with Gasteiger partial charge in [-0.15, -0.1) is 0 Å². The minimum Gasteiger partial charge on any atom is -0.507 e. The number of phenols is 1. The molecule has 1 N–H and O–H groups in total. The summed E-state index contributed by atoms with van der Waals surface area (Å²) in [5.41, 5.74) is 0. The summed E-state index contributed by atoms with van der Waals surface area (Å²) >= 11 is 5.50. The average Bonchev–Trinajstić information content (AvgIpc) is 2.22. The molecule has 0 aliphatic carbocycles. The van der Waals surface area contributed by atoms with Gasteiger partial charge in [0, 0.05) is 33.6 Å². The van der Waals surface area contributed by atoms with Crippen molar-refractivity contribution in [2.75, 3.05) is 0 Å². The second kappa shape index (κ2) is 5.25. The Hall–Kier alpha value is -0.540. The summed E-state index contributed by atoms with van der Waals surface area (Å²) in [7, 11) is 0. The highest BCUT2D eigenvalue weighted by Gasteiger charge is 1.94. The van der Waals surface area contributed by atoms with Crippen molar-refractivity contribution < 1.29 is 5.11 Å². The molecule has 0 amide bonds. The molecule has 0 heterocycles. The molecule has 1 nitrogen and oxygen atoms in total. The van der Waals surface area contributed by atoms with Crippen LogP contribution in [-0.2, 0) is 0 Å². The Morgan fingerprint density at radius 2 is 1.46 bits per heavy atom. The van der Waals surface area contributed by atoms with Gasteiger partial charge in [-0.05, 0) is 11.5 Å². The lowest BCUT2D eigenvalue weighted by atomic mass is 10.1. The fourth-order valence-corrected chi connectivity index (χ4v) is 1.21. The van der Waals surface area contributed by atoms with Gasteiger partial charge >= 0.3 is 0 Å². The zero-order valence-corrected chi connectivity index (χ0v) is 9.92. The van der Waals surface area contributed by atoms with Crippen LogP contribution in [0.5, 0.6) is 5.75 Å². The molecule has 0 bridgehead atoms. The molecule has 0 aromatic heterocycles. The lowest BCUT2D eigenvalue weighted by molar-refractivity contribution is 0.481. The number of hydrogen-bond donors (Lipinski definition) is 1. The zero-order valence-electron chi connectivity index (χ0n) is 6.74. The highest BCUT2D eigenvalue weighted by atomic mass is 80.9. The summed E-state index contributed by atoms with van der Waals surface area (Å²) in [6, 6.07) is 13.3. The molecular formula is C10H8Br2O. The van der Waals surface area contributed by atoms with E-state index in [1.807, 2.05) is 36.4 Å². The summed E-state index contributed by atoms with van der Waals surface area (Å²) in [4.78, 5) is 0. The monoisotopic (exact) mass is 302 g/mol. The van der Waals surface area contributed by atoms with Crippen LogP contribution in [0.2, 0.25) is 0 Å². The minimum atomic E-state index is 0.350. The fraction of sp³-hybridized carbons (Fsp3) is 0. The molecule has 2 rings (SSSR count). The van der Waals surface area contributed by atoms with E-state index in [1.165, 1.54) is 0 Å². The molecule has 0 saturated heterocycles. The Labute approximate surface area is 92.2 Å². The van der Waals surface area contributed by atoms with E-state index in [0.717, 1.165) is 10.8 Å². The first kappa shape index (κ1) is 10.5. The third kappa shape index (κ3) is 2.45. The van der Waals surface area contributed by atoms with Crippen molar-refractivity contribution in [3.63, 3.8) is 0 Å². The van der Waals surface area contributed by atoms with Gasteiger partial charge in [0.15, 0.2) is 0 Å². The molecule has 0 aliphatic rings. The van der Waals surface area contributed by atoms with Crippen LogP contribution in [0.15, 0.2) is 42.5 Å². The number of aromatic hydroxyl groups is 1. The topological polar surface area (TPSA) is 20.2 Å². The Kier molecular flexibility index (Phi) is 4.25. The second-order valence-corrected chi connectivity index (χ2v) is 2.50. The van der Waals surface area contributed by atoms with E-state index in [9.17, 15) is 5.11 Å². The van der Waals surface area contributed by atoms with Crippen LogP contribution in [-0.4, -0.2) is 5.11 Å². The molecule has 2 aromatic rings. The number of fused-ring (bicyclic) bond motifs is 1. The van der Waals surface area contributed by atoms with Crippen molar-refractivity contribution in [1.82, 2.24) is 0 Å². The molecular weight excluding hydrogens is 296 g/mol. The van der Waals surface area contributed by atoms with Crippen molar-refractivity contribution in [2.24, 2.45) is 0 Å². The maximum Gasteiger partial charge on any atom is 0.123 e. The van der Waals surface area contributed by atoms with Crippen molar-refractivity contribution in [3.8, 4) is 5.75 Å². The standard InChI is InChI=1S/C10H8O.Br2/c11-10-7-3-5-8-4-1-2-6-9(8)10;1-2/h1-7,11H;. The van der Waals surface area contributed by atoms with E-state index in [1.54, 1.807) is 6.07 Å². The Morgan fingerprint density at radius 3 is 2.15 bits per heavy atom. The van der Waals surface area contributed by atoms with Gasteiger partial charge in [0.1, 0.15) is 5.75 Å².